The van der Waals surface area contributed by atoms with Crippen molar-refractivity contribution in [2.45, 2.75) is 144 Å². The molecule has 2 aliphatic heterocycles. The molecular weight excluding hydrogens is 884 g/mol. The summed E-state index contributed by atoms with van der Waals surface area (Å²) in [5.74, 6) is -0.403. The van der Waals surface area contributed by atoms with E-state index in [0.29, 0.717) is 61.8 Å². The molecule has 4 N–H and O–H groups in total. The topological polar surface area (TPSA) is 184 Å². The quantitative estimate of drug-likeness (QED) is 0.0805. The molecule has 0 saturated carbocycles. The van der Waals surface area contributed by atoms with Crippen molar-refractivity contribution in [3.05, 3.63) is 112 Å². The number of ether oxygens (including phenoxy) is 2. The van der Waals surface area contributed by atoms with E-state index >= 15 is 0 Å². The third-order valence-corrected chi connectivity index (χ3v) is 15.5. The van der Waals surface area contributed by atoms with Crippen molar-refractivity contribution in [1.29, 1.82) is 0 Å². The van der Waals surface area contributed by atoms with Crippen LogP contribution in [0.3, 0.4) is 0 Å². The molecule has 0 spiro atoms. The minimum absolute atomic E-state index is 0.0614. The molecular formula is C52H69N6O9P. The Morgan fingerprint density at radius 3 is 1.35 bits per heavy atom. The van der Waals surface area contributed by atoms with Gasteiger partial charge < -0.3 is 48.9 Å². The van der Waals surface area contributed by atoms with Crippen molar-refractivity contribution in [3.8, 4) is 11.5 Å². The molecule has 2 amide bonds. The number of nitrogens with one attached hydrogen (secondary N) is 4. The number of hydrogen-bond donors (Lipinski definition) is 4. The maximum Gasteiger partial charge on any atom is 0.418 e. The second-order valence-corrected chi connectivity index (χ2v) is 19.7. The van der Waals surface area contributed by atoms with Gasteiger partial charge in [-0.15, -0.1) is 0 Å². The van der Waals surface area contributed by atoms with Gasteiger partial charge in [-0.25, -0.2) is 4.57 Å². The van der Waals surface area contributed by atoms with Crippen LogP contribution in [-0.2, 0) is 52.8 Å². The highest BCUT2D eigenvalue weighted by atomic mass is 31.1. The number of amides is 2. The van der Waals surface area contributed by atoms with Gasteiger partial charge in [0.25, 0.3) is 22.9 Å². The third kappa shape index (κ3) is 10.6. The van der Waals surface area contributed by atoms with Crippen molar-refractivity contribution in [3.63, 3.8) is 0 Å². The fraction of sp³-hybridized carbons (Fsp3) is 0.538. The number of nitrogens with zero attached hydrogens (tertiary/aromatic N) is 2. The largest absolute Gasteiger partial charge is 0.418 e. The number of aryl methyl sites for hydroxylation is 2. The van der Waals surface area contributed by atoms with Gasteiger partial charge in [0.1, 0.15) is 11.5 Å². The van der Waals surface area contributed by atoms with E-state index in [4.69, 9.17) is 18.5 Å². The summed E-state index contributed by atoms with van der Waals surface area (Å²) in [5, 5.41) is 6.08. The molecule has 8 rings (SSSR count). The molecule has 4 aromatic rings. The van der Waals surface area contributed by atoms with Crippen LogP contribution < -0.4 is 40.6 Å². The van der Waals surface area contributed by atoms with E-state index in [9.17, 15) is 23.7 Å². The van der Waals surface area contributed by atoms with E-state index < -0.39 is 8.25 Å². The molecule has 68 heavy (non-hydrogen) atoms. The number of carbonyl (C=O) groups excluding carboxylic acids is 2. The Balaban J connectivity index is 1.10. The molecule has 2 saturated heterocycles. The lowest BCUT2D eigenvalue weighted by molar-refractivity contribution is 0.0845. The van der Waals surface area contributed by atoms with Crippen molar-refractivity contribution in [1.82, 2.24) is 20.6 Å². The molecule has 2 fully saturated rings. The van der Waals surface area contributed by atoms with E-state index in [-0.39, 0.29) is 59.6 Å². The first-order valence-corrected chi connectivity index (χ1v) is 26.0. The van der Waals surface area contributed by atoms with E-state index in [1.807, 2.05) is 39.8 Å². The molecule has 2 aromatic heterocycles. The fourth-order valence-electron chi connectivity index (χ4n) is 11.1. The van der Waals surface area contributed by atoms with Gasteiger partial charge in [-0.2, -0.15) is 0 Å². The normalized spacial score (nSPS) is 16.5. The molecule has 16 heteroatoms. The highest BCUT2D eigenvalue weighted by Crippen LogP contribution is 2.40. The Kier molecular flexibility index (Phi) is 15.8. The van der Waals surface area contributed by atoms with Gasteiger partial charge >= 0.3 is 8.25 Å². The molecule has 0 bridgehead atoms. The van der Waals surface area contributed by atoms with Gasteiger partial charge in [-0.3, -0.25) is 19.2 Å². The summed E-state index contributed by atoms with van der Waals surface area (Å²) in [6, 6.07) is 7.09. The summed E-state index contributed by atoms with van der Waals surface area (Å²) in [4.78, 5) is 65.6. The van der Waals surface area contributed by atoms with E-state index in [2.05, 4.69) is 44.2 Å². The van der Waals surface area contributed by atoms with Gasteiger partial charge in [-0.05, 0) is 164 Å². The number of fused-ring (bicyclic) bond motifs is 2. The maximum atomic E-state index is 14.3. The summed E-state index contributed by atoms with van der Waals surface area (Å²) in [6.07, 6.45) is 10.7. The van der Waals surface area contributed by atoms with Crippen LogP contribution in [-0.4, -0.2) is 73.4 Å². The van der Waals surface area contributed by atoms with Gasteiger partial charge in [0.2, 0.25) is 0 Å². The molecule has 0 radical (unpaired) electrons. The van der Waals surface area contributed by atoms with Gasteiger partial charge in [-0.1, -0.05) is 0 Å². The van der Waals surface area contributed by atoms with Crippen molar-refractivity contribution in [2.75, 3.05) is 49.3 Å². The summed E-state index contributed by atoms with van der Waals surface area (Å²) in [5.41, 5.74) is 10.5. The van der Waals surface area contributed by atoms with Gasteiger partial charge in [0.05, 0.1) is 0 Å². The first kappa shape index (κ1) is 49.1. The van der Waals surface area contributed by atoms with Crippen LogP contribution in [0, 0.1) is 27.7 Å². The minimum atomic E-state index is -3.38. The first-order valence-electron chi connectivity index (χ1n) is 24.8. The Hall–Kier alpha value is -5.37. The van der Waals surface area contributed by atoms with Crippen LogP contribution >= 0.6 is 8.25 Å². The summed E-state index contributed by atoms with van der Waals surface area (Å²) < 4.78 is 38.0. The van der Waals surface area contributed by atoms with Crippen molar-refractivity contribution >= 4 is 31.4 Å². The number of benzene rings is 2. The molecule has 0 atom stereocenters. The molecule has 2 aromatic carbocycles. The summed E-state index contributed by atoms with van der Waals surface area (Å²) >= 11 is 0. The zero-order valence-corrected chi connectivity index (χ0v) is 41.7. The number of hydrogen-bond acceptors (Lipinski definition) is 11. The van der Waals surface area contributed by atoms with Gasteiger partial charge in [0, 0.05) is 122 Å². The smallest absolute Gasteiger partial charge is 0.418 e. The van der Waals surface area contributed by atoms with E-state index in [1.165, 1.54) is 0 Å². The molecule has 4 aliphatic rings. The molecule has 366 valence electrons. The number of carbonyl (C=O) groups is 2. The number of rotatable bonds is 16. The zero-order valence-electron chi connectivity index (χ0n) is 40.7. The first-order chi connectivity index (χ1) is 32.9. The Labute approximate surface area is 400 Å². The molecule has 15 nitrogen and oxygen atoms in total. The maximum absolute atomic E-state index is 14.3. The number of H-pyrrole nitrogens is 2. The second-order valence-electron chi connectivity index (χ2n) is 18.8. The lowest BCUT2D eigenvalue weighted by Crippen LogP contribution is -2.40. The van der Waals surface area contributed by atoms with Gasteiger partial charge in [0.15, 0.2) is 0 Å². The Bertz CT molecular complexity index is 2490. The molecule has 0 unspecified atom stereocenters. The number of aromatic nitrogens is 2. The lowest BCUT2D eigenvalue weighted by Gasteiger charge is -2.37. The fourth-order valence-corrected chi connectivity index (χ4v) is 11.8. The SMILES string of the molecule is CCN(c1cc(O[PH](=O)Oc2cc(C(=O)NCc3c4c(c(C)[nH]c3=O)CCCC4)c(C)c(N(CC)C3CCOCC3)c2)cc(C(=O)NCc2c3c(c(C)[nH]c2=O)CCCC3)c1C)C1CCOCC1. The van der Waals surface area contributed by atoms with Crippen LogP contribution in [0.4, 0.5) is 11.4 Å². The average molecular weight is 953 g/mol. The Morgan fingerprint density at radius 1 is 0.618 bits per heavy atom. The van der Waals surface area contributed by atoms with Crippen LogP contribution in [0.25, 0.3) is 0 Å². The lowest BCUT2D eigenvalue weighted by atomic mass is 9.88. The van der Waals surface area contributed by atoms with Crippen LogP contribution in [0.15, 0.2) is 33.9 Å². The highest BCUT2D eigenvalue weighted by molar-refractivity contribution is 7.34. The number of pyridine rings is 2. The standard InChI is InChI=1S/C52H69N6O9P/c1-7-57(35-17-21-64-22-18-35)47-27-37(25-43(31(47)3)49(59)53-29-45-41-15-11-9-13-39(41)33(5)55-51(45)61)66-68(63)67-38-26-44(32(4)48(28-38)58(8-2)36-19-23-65-24-20-36)50(60)54-30-46-42-16-12-10-14-40(42)34(6)56-52(46)62/h25-28,35-36,68H,7-24,29-30H2,1-6H3,(H,53,59)(H,54,60)(H,55,61)(H,56,62). The van der Waals surface area contributed by atoms with Crippen molar-refractivity contribution < 1.29 is 32.7 Å². The summed E-state index contributed by atoms with van der Waals surface area (Å²) in [6.45, 7) is 15.7. The molecule has 4 heterocycles. The second kappa shape index (κ2) is 21.9. The minimum Gasteiger partial charge on any atom is -0.418 e. The summed E-state index contributed by atoms with van der Waals surface area (Å²) in [7, 11) is -3.38. The average Bonchev–Trinajstić information content (AvgIpc) is 3.34. The Morgan fingerprint density at radius 2 is 0.985 bits per heavy atom. The number of anilines is 2. The van der Waals surface area contributed by atoms with E-state index in [0.717, 1.165) is 133 Å². The third-order valence-electron chi connectivity index (χ3n) is 14.7. The van der Waals surface area contributed by atoms with E-state index in [1.54, 1.807) is 12.1 Å². The van der Waals surface area contributed by atoms with Crippen LogP contribution in [0.2, 0.25) is 0 Å². The van der Waals surface area contributed by atoms with Crippen LogP contribution in [0.5, 0.6) is 11.5 Å². The monoisotopic (exact) mass is 952 g/mol. The molecule has 2 aliphatic carbocycles. The van der Waals surface area contributed by atoms with Crippen molar-refractivity contribution in [2.24, 2.45) is 0 Å². The predicted octanol–water partition coefficient (Wildman–Crippen LogP) is 7.77. The zero-order chi connectivity index (χ0) is 48.1. The van der Waals surface area contributed by atoms with Crippen LogP contribution in [0.1, 0.15) is 142 Å². The highest BCUT2D eigenvalue weighted by Gasteiger charge is 2.29. The number of aromatic amines is 2. The predicted molar refractivity (Wildman–Crippen MR) is 266 cm³/mol.